The summed E-state index contributed by atoms with van der Waals surface area (Å²) in [5.74, 6) is -1.21. The van der Waals surface area contributed by atoms with Gasteiger partial charge >= 0.3 is 0 Å². The number of nitrogens with one attached hydrogen (secondary N) is 2. The van der Waals surface area contributed by atoms with Gasteiger partial charge in [-0.15, -0.1) is 0 Å². The quantitative estimate of drug-likeness (QED) is 0.449. The molecular formula is C26H26FN3O4S. The predicted octanol–water partition coefficient (Wildman–Crippen LogP) is 3.20. The van der Waals surface area contributed by atoms with Crippen LogP contribution >= 0.6 is 0 Å². The molecule has 7 nitrogen and oxygen atoms in total. The van der Waals surface area contributed by atoms with E-state index in [2.05, 4.69) is 15.0 Å². The minimum atomic E-state index is -3.60. The molecule has 0 bridgehead atoms. The fourth-order valence-corrected chi connectivity index (χ4v) is 5.05. The lowest BCUT2D eigenvalue weighted by Gasteiger charge is -2.26. The van der Waals surface area contributed by atoms with Gasteiger partial charge in [0.1, 0.15) is 5.82 Å². The molecule has 3 aromatic rings. The maximum Gasteiger partial charge on any atom is 0.251 e. The van der Waals surface area contributed by atoms with Crippen molar-refractivity contribution in [3.05, 3.63) is 95.6 Å². The minimum absolute atomic E-state index is 0.00240. The molecule has 1 aliphatic carbocycles. The molecule has 0 radical (unpaired) electrons. The zero-order valence-electron chi connectivity index (χ0n) is 19.0. The highest BCUT2D eigenvalue weighted by molar-refractivity contribution is 7.89. The Labute approximate surface area is 203 Å². The smallest absolute Gasteiger partial charge is 0.251 e. The Morgan fingerprint density at radius 1 is 1.00 bits per heavy atom. The van der Waals surface area contributed by atoms with E-state index < -0.39 is 27.8 Å². The van der Waals surface area contributed by atoms with Gasteiger partial charge in [0.15, 0.2) is 5.78 Å². The van der Waals surface area contributed by atoms with E-state index in [4.69, 9.17) is 0 Å². The number of sulfonamides is 1. The van der Waals surface area contributed by atoms with Gasteiger partial charge in [-0.3, -0.25) is 14.6 Å². The van der Waals surface area contributed by atoms with Gasteiger partial charge in [-0.1, -0.05) is 24.6 Å². The van der Waals surface area contributed by atoms with Crippen LogP contribution in [0.2, 0.25) is 0 Å². The third-order valence-electron chi connectivity index (χ3n) is 5.98. The second-order valence-corrected chi connectivity index (χ2v) is 10.3. The summed E-state index contributed by atoms with van der Waals surface area (Å²) < 4.78 is 40.9. The van der Waals surface area contributed by atoms with Crippen molar-refractivity contribution in [2.75, 3.05) is 0 Å². The summed E-state index contributed by atoms with van der Waals surface area (Å²) in [4.78, 5) is 30.3. The molecule has 35 heavy (non-hydrogen) atoms. The van der Waals surface area contributed by atoms with E-state index in [9.17, 15) is 22.4 Å². The van der Waals surface area contributed by atoms with Crippen LogP contribution in [-0.4, -0.2) is 37.2 Å². The molecule has 1 saturated carbocycles. The van der Waals surface area contributed by atoms with E-state index in [0.717, 1.165) is 19.3 Å². The number of benzene rings is 2. The van der Waals surface area contributed by atoms with E-state index in [1.54, 1.807) is 36.5 Å². The zero-order valence-corrected chi connectivity index (χ0v) is 19.8. The third-order valence-corrected chi connectivity index (χ3v) is 7.52. The average molecular weight is 496 g/mol. The summed E-state index contributed by atoms with van der Waals surface area (Å²) in [6.07, 6.45) is 4.49. The monoisotopic (exact) mass is 495 g/mol. The van der Waals surface area contributed by atoms with Crippen molar-refractivity contribution in [2.45, 2.75) is 49.1 Å². The fraction of sp³-hybridized carbons (Fsp3) is 0.269. The lowest BCUT2D eigenvalue weighted by Crippen LogP contribution is -2.43. The number of aromatic nitrogens is 1. The molecule has 4 rings (SSSR count). The SMILES string of the molecule is O=C(N[C@@H](Cc1ccccn1)C(=O)Cc1ccc(S(=O)(=O)NC2CCC2)cc1)c1ccc(F)cc1. The first-order valence-corrected chi connectivity index (χ1v) is 12.9. The molecule has 0 saturated heterocycles. The number of hydrogen-bond donors (Lipinski definition) is 2. The molecule has 1 atom stereocenters. The Kier molecular flexibility index (Phi) is 7.67. The molecule has 1 heterocycles. The number of nitrogens with zero attached hydrogens (tertiary/aromatic N) is 1. The van der Waals surface area contributed by atoms with Crippen LogP contribution in [-0.2, 0) is 27.7 Å². The van der Waals surface area contributed by atoms with E-state index in [1.807, 2.05) is 0 Å². The van der Waals surface area contributed by atoms with Crippen LogP contribution in [0.25, 0.3) is 0 Å². The van der Waals surface area contributed by atoms with Crippen molar-refractivity contribution in [3.63, 3.8) is 0 Å². The number of hydrogen-bond acceptors (Lipinski definition) is 5. The summed E-state index contributed by atoms with van der Waals surface area (Å²) in [5.41, 5.74) is 1.49. The maximum absolute atomic E-state index is 13.2. The Morgan fingerprint density at radius 2 is 1.71 bits per heavy atom. The maximum atomic E-state index is 13.2. The highest BCUT2D eigenvalue weighted by atomic mass is 32.2. The molecule has 9 heteroatoms. The van der Waals surface area contributed by atoms with Crippen LogP contribution in [0.15, 0.2) is 77.8 Å². The second kappa shape index (κ2) is 10.9. The molecule has 0 aliphatic heterocycles. The Morgan fingerprint density at radius 3 is 2.31 bits per heavy atom. The molecule has 1 aromatic heterocycles. The normalized spacial score (nSPS) is 14.7. The molecule has 0 spiro atoms. The van der Waals surface area contributed by atoms with Gasteiger partial charge in [0.2, 0.25) is 10.0 Å². The average Bonchev–Trinajstić information content (AvgIpc) is 2.82. The van der Waals surface area contributed by atoms with Gasteiger partial charge in [0.05, 0.1) is 10.9 Å². The van der Waals surface area contributed by atoms with Crippen molar-refractivity contribution in [3.8, 4) is 0 Å². The number of carbonyl (C=O) groups is 2. The molecule has 1 aliphatic rings. The second-order valence-electron chi connectivity index (χ2n) is 8.59. The summed E-state index contributed by atoms with van der Waals surface area (Å²) in [6, 6.07) is 15.7. The third kappa shape index (κ3) is 6.58. The van der Waals surface area contributed by atoms with Crippen molar-refractivity contribution in [1.82, 2.24) is 15.0 Å². The van der Waals surface area contributed by atoms with Crippen LogP contribution in [0.5, 0.6) is 0 Å². The first-order chi connectivity index (χ1) is 16.8. The number of pyridine rings is 1. The number of halogens is 1. The summed E-state index contributed by atoms with van der Waals surface area (Å²) in [5, 5.41) is 2.73. The first kappa shape index (κ1) is 24.7. The van der Waals surface area contributed by atoms with Crippen LogP contribution in [0.3, 0.4) is 0 Å². The summed E-state index contributed by atoms with van der Waals surface area (Å²) in [6.45, 7) is 0. The van der Waals surface area contributed by atoms with Gasteiger partial charge < -0.3 is 5.32 Å². The zero-order chi connectivity index (χ0) is 24.8. The molecule has 182 valence electrons. The van der Waals surface area contributed by atoms with E-state index in [0.29, 0.717) is 11.3 Å². The van der Waals surface area contributed by atoms with Gasteiger partial charge in [0.25, 0.3) is 5.91 Å². The van der Waals surface area contributed by atoms with Crippen LogP contribution in [0, 0.1) is 5.82 Å². The lowest BCUT2D eigenvalue weighted by atomic mass is 9.94. The van der Waals surface area contributed by atoms with Crippen molar-refractivity contribution < 1.29 is 22.4 Å². The molecule has 0 unspecified atom stereocenters. The minimum Gasteiger partial charge on any atom is -0.342 e. The topological polar surface area (TPSA) is 105 Å². The van der Waals surface area contributed by atoms with E-state index in [-0.39, 0.29) is 35.1 Å². The van der Waals surface area contributed by atoms with Gasteiger partial charge in [0, 0.05) is 36.3 Å². The largest absolute Gasteiger partial charge is 0.342 e. The molecule has 2 aromatic carbocycles. The number of Topliss-reactive ketones (excluding diaryl/α,β-unsaturated/α-hetero) is 1. The van der Waals surface area contributed by atoms with E-state index >= 15 is 0 Å². The first-order valence-electron chi connectivity index (χ1n) is 11.4. The number of rotatable bonds is 10. The molecule has 1 amide bonds. The number of amides is 1. The predicted molar refractivity (Wildman–Crippen MR) is 129 cm³/mol. The van der Waals surface area contributed by atoms with Crippen molar-refractivity contribution >= 4 is 21.7 Å². The summed E-state index contributed by atoms with van der Waals surface area (Å²) >= 11 is 0. The number of ketones is 1. The van der Waals surface area contributed by atoms with Gasteiger partial charge in [-0.05, 0) is 66.9 Å². The Balaban J connectivity index is 1.47. The van der Waals surface area contributed by atoms with Crippen LogP contribution < -0.4 is 10.0 Å². The van der Waals surface area contributed by atoms with Gasteiger partial charge in [-0.2, -0.15) is 0 Å². The summed E-state index contributed by atoms with van der Waals surface area (Å²) in [7, 11) is -3.60. The van der Waals surface area contributed by atoms with Crippen molar-refractivity contribution in [2.24, 2.45) is 0 Å². The number of carbonyl (C=O) groups excluding carboxylic acids is 2. The Hall–Kier alpha value is -3.43. The molecular weight excluding hydrogens is 469 g/mol. The fourth-order valence-electron chi connectivity index (χ4n) is 3.74. The molecule has 1 fully saturated rings. The van der Waals surface area contributed by atoms with Crippen molar-refractivity contribution in [1.29, 1.82) is 0 Å². The Bertz CT molecular complexity index is 1280. The highest BCUT2D eigenvalue weighted by Gasteiger charge is 2.25. The highest BCUT2D eigenvalue weighted by Crippen LogP contribution is 2.21. The standard InChI is InChI=1S/C26H26FN3O4S/c27-20-11-9-19(10-12-20)26(32)29-24(17-22-4-1-2-15-28-22)25(31)16-18-7-13-23(14-8-18)35(33,34)30-21-5-3-6-21/h1-2,4,7-15,21,24,30H,3,5-6,16-17H2,(H,29,32)/t24-/m0/s1. The van der Waals surface area contributed by atoms with Crippen LogP contribution in [0.1, 0.15) is 40.9 Å². The lowest BCUT2D eigenvalue weighted by molar-refractivity contribution is -0.120. The molecule has 2 N–H and O–H groups in total. The van der Waals surface area contributed by atoms with Crippen LogP contribution in [0.4, 0.5) is 4.39 Å². The van der Waals surface area contributed by atoms with Gasteiger partial charge in [-0.25, -0.2) is 17.5 Å². The van der Waals surface area contributed by atoms with E-state index in [1.165, 1.54) is 36.4 Å².